The zero-order valence-electron chi connectivity index (χ0n) is 12.0. The van der Waals surface area contributed by atoms with Gasteiger partial charge in [-0.15, -0.1) is 11.3 Å². The van der Waals surface area contributed by atoms with Crippen LogP contribution in [0.3, 0.4) is 0 Å². The molecule has 0 spiro atoms. The molecule has 7 heteroatoms. The molecule has 20 heavy (non-hydrogen) atoms. The summed E-state index contributed by atoms with van der Waals surface area (Å²) in [6.07, 6.45) is -0.497. The van der Waals surface area contributed by atoms with Gasteiger partial charge in [-0.2, -0.15) is 0 Å². The number of hydrogen-bond acceptors (Lipinski definition) is 6. The topological polar surface area (TPSA) is 83.5 Å². The van der Waals surface area contributed by atoms with E-state index in [4.69, 9.17) is 4.74 Å². The predicted octanol–water partition coefficient (Wildman–Crippen LogP) is 0.469. The molecule has 3 atom stereocenters. The van der Waals surface area contributed by atoms with Gasteiger partial charge in [-0.3, -0.25) is 4.79 Å². The van der Waals surface area contributed by atoms with Crippen LogP contribution in [0.15, 0.2) is 0 Å². The summed E-state index contributed by atoms with van der Waals surface area (Å²) in [6.45, 7) is 5.52. The van der Waals surface area contributed by atoms with Crippen molar-refractivity contribution in [1.29, 1.82) is 0 Å². The average molecular weight is 299 g/mol. The fraction of sp³-hybridized carbons (Fsp3) is 0.692. The maximum Gasteiger partial charge on any atom is 0.263 e. The monoisotopic (exact) mass is 299 g/mol. The Morgan fingerprint density at radius 2 is 2.40 bits per heavy atom. The number of rotatable bonds is 5. The number of thiazole rings is 1. The van der Waals surface area contributed by atoms with Gasteiger partial charge in [0.25, 0.3) is 5.91 Å². The quantitative estimate of drug-likeness (QED) is 0.736. The summed E-state index contributed by atoms with van der Waals surface area (Å²) in [7, 11) is 1.62. The van der Waals surface area contributed by atoms with Crippen LogP contribution in [0.4, 0.5) is 0 Å². The van der Waals surface area contributed by atoms with Crippen molar-refractivity contribution in [3.63, 3.8) is 0 Å². The Morgan fingerprint density at radius 3 is 3.00 bits per heavy atom. The van der Waals surface area contributed by atoms with E-state index in [1.807, 2.05) is 13.8 Å². The summed E-state index contributed by atoms with van der Waals surface area (Å²) in [4.78, 5) is 17.2. The number of β-amino-alcohol motifs (C(OH)–C–C–N with tert-alkyl or cyclic N) is 1. The van der Waals surface area contributed by atoms with Crippen molar-refractivity contribution < 1.29 is 14.6 Å². The number of nitrogens with one attached hydrogen (secondary N) is 2. The molecule has 1 amide bonds. The maximum atomic E-state index is 12.2. The molecule has 112 valence electrons. The molecule has 3 unspecified atom stereocenters. The molecule has 0 saturated carbocycles. The highest BCUT2D eigenvalue weighted by molar-refractivity contribution is 7.13. The zero-order chi connectivity index (χ0) is 14.7. The molecular weight excluding hydrogens is 278 g/mol. The smallest absolute Gasteiger partial charge is 0.263 e. The van der Waals surface area contributed by atoms with E-state index in [9.17, 15) is 9.90 Å². The van der Waals surface area contributed by atoms with Crippen LogP contribution in [0, 0.1) is 12.8 Å². The minimum atomic E-state index is -0.387. The molecule has 0 aliphatic carbocycles. The molecule has 1 aliphatic heterocycles. The molecular formula is C13H21N3O3S. The van der Waals surface area contributed by atoms with Crippen molar-refractivity contribution >= 4 is 17.2 Å². The highest BCUT2D eigenvalue weighted by atomic mass is 32.1. The summed E-state index contributed by atoms with van der Waals surface area (Å²) < 4.78 is 5.21. The molecule has 0 aromatic carbocycles. The van der Waals surface area contributed by atoms with Gasteiger partial charge in [-0.05, 0) is 13.8 Å². The normalized spacial score (nSPS) is 23.8. The van der Waals surface area contributed by atoms with Gasteiger partial charge in [0, 0.05) is 32.7 Å². The third kappa shape index (κ3) is 3.35. The van der Waals surface area contributed by atoms with E-state index in [1.165, 1.54) is 11.3 Å². The lowest BCUT2D eigenvalue weighted by Crippen LogP contribution is -2.34. The Kier molecular flexibility index (Phi) is 5.09. The van der Waals surface area contributed by atoms with Gasteiger partial charge in [-0.25, -0.2) is 4.98 Å². The van der Waals surface area contributed by atoms with Crippen LogP contribution >= 0.6 is 11.3 Å². The first-order chi connectivity index (χ1) is 9.52. The van der Waals surface area contributed by atoms with Gasteiger partial charge < -0.3 is 20.5 Å². The maximum absolute atomic E-state index is 12.2. The minimum absolute atomic E-state index is 0.0737. The third-order valence-electron chi connectivity index (χ3n) is 3.55. The average Bonchev–Trinajstić information content (AvgIpc) is 3.01. The lowest BCUT2D eigenvalue weighted by atomic mass is 10.1. The molecule has 1 saturated heterocycles. The standard InChI is InChI=1S/C13H21N3O3S/c1-7-11(20-13(16-7)8(2)19-3)12(18)15-5-9-4-14-6-10(9)17/h8-10,14,17H,4-6H2,1-3H3,(H,15,18). The number of aliphatic hydroxyl groups excluding tert-OH is 1. The van der Waals surface area contributed by atoms with E-state index in [-0.39, 0.29) is 24.0 Å². The number of carbonyl (C=O) groups excluding carboxylic acids is 1. The Hall–Kier alpha value is -1.02. The number of ether oxygens (including phenoxy) is 1. The lowest BCUT2D eigenvalue weighted by Gasteiger charge is -2.13. The number of nitrogens with zero attached hydrogens (tertiary/aromatic N) is 1. The number of aliphatic hydroxyl groups is 1. The molecule has 0 bridgehead atoms. The Labute approximate surface area is 122 Å². The summed E-state index contributed by atoms with van der Waals surface area (Å²) in [5.74, 6) is -0.0572. The van der Waals surface area contributed by atoms with Crippen molar-refractivity contribution in [2.45, 2.75) is 26.1 Å². The number of amides is 1. The van der Waals surface area contributed by atoms with Gasteiger partial charge in [-0.1, -0.05) is 0 Å². The van der Waals surface area contributed by atoms with Crippen molar-refractivity contribution in [1.82, 2.24) is 15.6 Å². The summed E-state index contributed by atoms with van der Waals surface area (Å²) >= 11 is 1.36. The fourth-order valence-electron chi connectivity index (χ4n) is 2.13. The second-order valence-corrected chi connectivity index (χ2v) is 6.07. The lowest BCUT2D eigenvalue weighted by molar-refractivity contribution is 0.0930. The largest absolute Gasteiger partial charge is 0.391 e. The number of hydrogen-bond donors (Lipinski definition) is 3. The van der Waals surface area contributed by atoms with Crippen molar-refractivity contribution in [2.24, 2.45) is 5.92 Å². The van der Waals surface area contributed by atoms with Crippen LogP contribution in [-0.2, 0) is 4.74 Å². The Bertz CT molecular complexity index is 477. The minimum Gasteiger partial charge on any atom is -0.391 e. The van der Waals surface area contributed by atoms with E-state index in [1.54, 1.807) is 7.11 Å². The van der Waals surface area contributed by atoms with Gasteiger partial charge in [0.1, 0.15) is 16.0 Å². The molecule has 2 heterocycles. The highest BCUT2D eigenvalue weighted by Gasteiger charge is 2.26. The molecule has 1 fully saturated rings. The van der Waals surface area contributed by atoms with E-state index in [2.05, 4.69) is 15.6 Å². The number of aromatic nitrogens is 1. The first-order valence-electron chi connectivity index (χ1n) is 6.70. The summed E-state index contributed by atoms with van der Waals surface area (Å²) in [6, 6.07) is 0. The number of carbonyl (C=O) groups is 1. The number of aryl methyl sites for hydroxylation is 1. The predicted molar refractivity (Wildman–Crippen MR) is 77.0 cm³/mol. The third-order valence-corrected chi connectivity index (χ3v) is 4.87. The van der Waals surface area contributed by atoms with Crippen molar-refractivity contribution in [3.05, 3.63) is 15.6 Å². The van der Waals surface area contributed by atoms with E-state index in [0.29, 0.717) is 18.0 Å². The molecule has 3 N–H and O–H groups in total. The van der Waals surface area contributed by atoms with Crippen LogP contribution in [-0.4, -0.2) is 48.8 Å². The number of methoxy groups -OCH3 is 1. The van der Waals surface area contributed by atoms with Crippen LogP contribution in [0.25, 0.3) is 0 Å². The van der Waals surface area contributed by atoms with Crippen LogP contribution in [0.1, 0.15) is 33.4 Å². The fourth-order valence-corrected chi connectivity index (χ4v) is 3.15. The molecule has 2 rings (SSSR count). The molecule has 0 radical (unpaired) electrons. The molecule has 1 aliphatic rings. The molecule has 6 nitrogen and oxygen atoms in total. The van der Waals surface area contributed by atoms with Crippen LogP contribution < -0.4 is 10.6 Å². The van der Waals surface area contributed by atoms with Crippen LogP contribution in [0.2, 0.25) is 0 Å². The van der Waals surface area contributed by atoms with E-state index in [0.717, 1.165) is 17.2 Å². The molecule has 1 aromatic heterocycles. The SMILES string of the molecule is COC(C)c1nc(C)c(C(=O)NCC2CNCC2O)s1. The first kappa shape index (κ1) is 15.4. The van der Waals surface area contributed by atoms with Crippen molar-refractivity contribution in [2.75, 3.05) is 26.7 Å². The van der Waals surface area contributed by atoms with Gasteiger partial charge in [0.2, 0.25) is 0 Å². The van der Waals surface area contributed by atoms with E-state index < -0.39 is 0 Å². The second-order valence-electron chi connectivity index (χ2n) is 5.04. The van der Waals surface area contributed by atoms with Gasteiger partial charge in [0.05, 0.1) is 11.8 Å². The van der Waals surface area contributed by atoms with E-state index >= 15 is 0 Å². The molecule has 1 aromatic rings. The van der Waals surface area contributed by atoms with Crippen molar-refractivity contribution in [3.8, 4) is 0 Å². The van der Waals surface area contributed by atoms with Gasteiger partial charge in [0.15, 0.2) is 0 Å². The summed E-state index contributed by atoms with van der Waals surface area (Å²) in [5, 5.41) is 16.5. The Balaban J connectivity index is 1.96. The summed E-state index contributed by atoms with van der Waals surface area (Å²) in [5.41, 5.74) is 0.719. The highest BCUT2D eigenvalue weighted by Crippen LogP contribution is 2.25. The second kappa shape index (κ2) is 6.62. The Morgan fingerprint density at radius 1 is 1.65 bits per heavy atom. The first-order valence-corrected chi connectivity index (χ1v) is 7.51. The van der Waals surface area contributed by atoms with Crippen LogP contribution in [0.5, 0.6) is 0 Å². The zero-order valence-corrected chi connectivity index (χ0v) is 12.8. The van der Waals surface area contributed by atoms with Gasteiger partial charge >= 0.3 is 0 Å².